The van der Waals surface area contributed by atoms with Crippen molar-refractivity contribution in [2.45, 2.75) is 18.3 Å². The number of aromatic amines is 1. The van der Waals surface area contributed by atoms with Gasteiger partial charge in [-0.2, -0.15) is 10.2 Å². The minimum Gasteiger partial charge on any atom is -0.444 e. The van der Waals surface area contributed by atoms with E-state index in [0.717, 1.165) is 51.2 Å². The molecule has 2 N–H and O–H groups in total. The molecular weight excluding hydrogens is 470 g/mol. The van der Waals surface area contributed by atoms with Gasteiger partial charge in [0.05, 0.1) is 28.5 Å². The molecule has 0 saturated carbocycles. The van der Waals surface area contributed by atoms with Crippen LogP contribution in [-0.2, 0) is 0 Å². The first-order valence-electron chi connectivity index (χ1n) is 11.7. The van der Waals surface area contributed by atoms with Gasteiger partial charge in [0.1, 0.15) is 5.75 Å². The standard InChI is InChI=1S/C28H21N5O2S/c34-27-30-28(25(36-27)15-20-17-29-31-26(20)19-11-5-2-6-12-19)33-23(21-13-7-8-14-24(21)35-28)16-22(32-33)18-9-3-1-4-10-18/h1-15,17,23H,16H2,(H,29,31)(H,30,34). The number of hydrogen-bond donors (Lipinski definition) is 2. The number of rotatable bonds is 3. The van der Waals surface area contributed by atoms with Crippen LogP contribution in [0.2, 0.25) is 0 Å². The van der Waals surface area contributed by atoms with Crippen molar-refractivity contribution >= 4 is 28.8 Å². The largest absolute Gasteiger partial charge is 0.444 e. The Morgan fingerprint density at radius 2 is 1.69 bits per heavy atom. The molecule has 7 rings (SSSR count). The van der Waals surface area contributed by atoms with Crippen LogP contribution in [0.3, 0.4) is 0 Å². The smallest absolute Gasteiger partial charge is 0.314 e. The maximum absolute atomic E-state index is 12.9. The summed E-state index contributed by atoms with van der Waals surface area (Å²) in [7, 11) is 0. The SMILES string of the molecule is O=C1NC2(Oc3ccccc3C3CC(c4ccccc4)=NN32)C(=Cc2cn[nH]c2-c2ccccc2)S1. The van der Waals surface area contributed by atoms with Crippen molar-refractivity contribution in [2.24, 2.45) is 5.10 Å². The minimum absolute atomic E-state index is 0.0782. The summed E-state index contributed by atoms with van der Waals surface area (Å²) in [4.78, 5) is 13.6. The third-order valence-corrected chi connectivity index (χ3v) is 7.60. The number of nitrogens with zero attached hydrogens (tertiary/aromatic N) is 3. The van der Waals surface area contributed by atoms with Gasteiger partial charge in [-0.3, -0.25) is 15.2 Å². The summed E-state index contributed by atoms with van der Waals surface area (Å²) < 4.78 is 6.62. The van der Waals surface area contributed by atoms with E-state index in [1.165, 1.54) is 0 Å². The molecule has 1 saturated heterocycles. The number of hydrogen-bond acceptors (Lipinski definition) is 6. The normalized spacial score (nSPS) is 23.3. The summed E-state index contributed by atoms with van der Waals surface area (Å²) in [5, 5.41) is 17.3. The van der Waals surface area contributed by atoms with Gasteiger partial charge in [0.2, 0.25) is 0 Å². The van der Waals surface area contributed by atoms with Crippen molar-refractivity contribution in [1.29, 1.82) is 0 Å². The maximum Gasteiger partial charge on any atom is 0.314 e. The monoisotopic (exact) mass is 491 g/mol. The molecule has 2 atom stereocenters. The highest BCUT2D eigenvalue weighted by atomic mass is 32.2. The third kappa shape index (κ3) is 3.25. The van der Waals surface area contributed by atoms with Crippen LogP contribution >= 0.6 is 11.8 Å². The van der Waals surface area contributed by atoms with E-state index in [-0.39, 0.29) is 11.3 Å². The van der Waals surface area contributed by atoms with Crippen LogP contribution in [-0.4, -0.2) is 32.0 Å². The summed E-state index contributed by atoms with van der Waals surface area (Å²) in [5.74, 6) is -0.504. The van der Waals surface area contributed by atoms with Gasteiger partial charge in [-0.1, -0.05) is 78.9 Å². The number of nitrogens with one attached hydrogen (secondary N) is 2. The fraction of sp³-hybridized carbons (Fsp3) is 0.107. The van der Waals surface area contributed by atoms with Crippen LogP contribution in [0.25, 0.3) is 17.3 Å². The van der Waals surface area contributed by atoms with Crippen molar-refractivity contribution < 1.29 is 9.53 Å². The molecule has 4 heterocycles. The number of fused-ring (bicyclic) bond motifs is 4. The number of ether oxygens (including phenoxy) is 1. The van der Waals surface area contributed by atoms with Gasteiger partial charge in [0, 0.05) is 23.1 Å². The number of carbonyl (C=O) groups excluding carboxylic acids is 1. The second-order valence-corrected chi connectivity index (χ2v) is 9.87. The van der Waals surface area contributed by atoms with Crippen LogP contribution in [0.15, 0.2) is 101 Å². The molecule has 0 aliphatic carbocycles. The van der Waals surface area contributed by atoms with E-state index >= 15 is 0 Å². The average molecular weight is 492 g/mol. The summed E-state index contributed by atoms with van der Waals surface area (Å²) >= 11 is 1.13. The number of thioether (sulfide) groups is 1. The Balaban J connectivity index is 1.38. The molecule has 3 aliphatic heterocycles. The molecule has 8 heteroatoms. The highest BCUT2D eigenvalue weighted by molar-refractivity contribution is 8.17. The Morgan fingerprint density at radius 3 is 2.50 bits per heavy atom. The van der Waals surface area contributed by atoms with E-state index in [9.17, 15) is 4.79 Å². The van der Waals surface area contributed by atoms with Crippen LogP contribution in [0.1, 0.15) is 29.2 Å². The molecule has 0 bridgehead atoms. The van der Waals surface area contributed by atoms with Crippen LogP contribution in [0, 0.1) is 0 Å². The van der Waals surface area contributed by atoms with Gasteiger partial charge < -0.3 is 4.74 Å². The minimum atomic E-state index is -1.25. The van der Waals surface area contributed by atoms with Gasteiger partial charge >= 0.3 is 5.85 Å². The molecule has 7 nitrogen and oxygen atoms in total. The number of benzene rings is 3. The highest BCUT2D eigenvalue weighted by Crippen LogP contribution is 2.52. The van der Waals surface area contributed by atoms with E-state index < -0.39 is 5.85 Å². The van der Waals surface area contributed by atoms with Gasteiger partial charge in [-0.05, 0) is 29.5 Å². The van der Waals surface area contributed by atoms with E-state index in [0.29, 0.717) is 11.3 Å². The van der Waals surface area contributed by atoms with E-state index in [1.807, 2.05) is 77.8 Å². The predicted molar refractivity (Wildman–Crippen MR) is 140 cm³/mol. The van der Waals surface area contributed by atoms with E-state index in [2.05, 4.69) is 33.7 Å². The van der Waals surface area contributed by atoms with Crippen molar-refractivity contribution in [3.8, 4) is 17.0 Å². The second kappa shape index (κ2) is 8.13. The zero-order valence-corrected chi connectivity index (χ0v) is 19.9. The molecule has 3 aliphatic rings. The molecule has 3 aromatic carbocycles. The molecule has 4 aromatic rings. The van der Waals surface area contributed by atoms with Crippen molar-refractivity contribution in [1.82, 2.24) is 20.5 Å². The van der Waals surface area contributed by atoms with E-state index in [4.69, 9.17) is 9.84 Å². The summed E-state index contributed by atoms with van der Waals surface area (Å²) in [5.41, 5.74) is 5.82. The Labute approximate surface area is 211 Å². The molecule has 2 unspecified atom stereocenters. The molecule has 1 fully saturated rings. The summed E-state index contributed by atoms with van der Waals surface area (Å²) in [6, 6.07) is 28.0. The number of aromatic nitrogens is 2. The lowest BCUT2D eigenvalue weighted by molar-refractivity contribution is -0.0949. The lowest BCUT2D eigenvalue weighted by Gasteiger charge is -2.45. The topological polar surface area (TPSA) is 82.6 Å². The number of H-pyrrole nitrogens is 1. The Kier molecular flexibility index (Phi) is 4.75. The Bertz CT molecular complexity index is 1530. The first-order valence-corrected chi connectivity index (χ1v) is 12.5. The predicted octanol–water partition coefficient (Wildman–Crippen LogP) is 5.77. The number of amides is 1. The molecule has 1 aromatic heterocycles. The second-order valence-electron chi connectivity index (χ2n) is 8.85. The molecule has 1 amide bonds. The van der Waals surface area contributed by atoms with Crippen molar-refractivity contribution in [3.63, 3.8) is 0 Å². The molecule has 0 radical (unpaired) electrons. The zero-order valence-electron chi connectivity index (χ0n) is 19.1. The zero-order chi connectivity index (χ0) is 24.1. The quantitative estimate of drug-likeness (QED) is 0.380. The summed E-state index contributed by atoms with van der Waals surface area (Å²) in [6.45, 7) is 0. The fourth-order valence-corrected chi connectivity index (χ4v) is 5.95. The van der Waals surface area contributed by atoms with Crippen molar-refractivity contribution in [2.75, 3.05) is 0 Å². The van der Waals surface area contributed by atoms with Crippen LogP contribution in [0.5, 0.6) is 5.75 Å². The van der Waals surface area contributed by atoms with Crippen LogP contribution in [0.4, 0.5) is 4.79 Å². The Morgan fingerprint density at radius 1 is 0.972 bits per heavy atom. The highest BCUT2D eigenvalue weighted by Gasteiger charge is 2.58. The molecular formula is C28H21N5O2S. The van der Waals surface area contributed by atoms with Gasteiger partial charge in [-0.25, -0.2) is 5.01 Å². The average Bonchev–Trinajstić information content (AvgIpc) is 3.64. The van der Waals surface area contributed by atoms with E-state index in [1.54, 1.807) is 6.20 Å². The molecule has 36 heavy (non-hydrogen) atoms. The number of carbonyl (C=O) groups is 1. The fourth-order valence-electron chi connectivity index (χ4n) is 5.05. The number of hydrazone groups is 1. The lowest BCUT2D eigenvalue weighted by Crippen LogP contribution is -2.61. The summed E-state index contributed by atoms with van der Waals surface area (Å²) in [6.07, 6.45) is 4.44. The van der Waals surface area contributed by atoms with Crippen LogP contribution < -0.4 is 10.1 Å². The first kappa shape index (κ1) is 21.0. The van der Waals surface area contributed by atoms with Gasteiger partial charge in [-0.15, -0.1) is 0 Å². The molecule has 1 spiro atoms. The third-order valence-electron chi connectivity index (χ3n) is 6.70. The lowest BCUT2D eigenvalue weighted by atomic mass is 9.95. The number of para-hydroxylation sites is 1. The van der Waals surface area contributed by atoms with Gasteiger partial charge in [0.15, 0.2) is 0 Å². The van der Waals surface area contributed by atoms with Crippen molar-refractivity contribution in [3.05, 3.63) is 113 Å². The maximum atomic E-state index is 12.9. The first-order chi connectivity index (χ1) is 17.7. The Hall–Kier alpha value is -4.30. The molecule has 176 valence electrons. The van der Waals surface area contributed by atoms with Gasteiger partial charge in [0.25, 0.3) is 5.24 Å².